The molecule has 4 unspecified atom stereocenters. The highest BCUT2D eigenvalue weighted by Gasteiger charge is 2.18. The third kappa shape index (κ3) is 6.22. The average Bonchev–Trinajstić information content (AvgIpc) is 2.24. The lowest BCUT2D eigenvalue weighted by Gasteiger charge is -2.26. The minimum atomic E-state index is 0.890. The lowest BCUT2D eigenvalue weighted by atomic mass is 9.80. The zero-order valence-electron chi connectivity index (χ0n) is 11.8. The van der Waals surface area contributed by atoms with Crippen molar-refractivity contribution in [2.24, 2.45) is 23.7 Å². The Bertz CT molecular complexity index is 139. The maximum Gasteiger partial charge on any atom is -0.0391 e. The van der Waals surface area contributed by atoms with Crippen LogP contribution in [0.2, 0.25) is 0 Å². The van der Waals surface area contributed by atoms with E-state index in [4.69, 9.17) is 0 Å². The lowest BCUT2D eigenvalue weighted by Crippen LogP contribution is -2.16. The number of hydrogen-bond donors (Lipinski definition) is 0. The van der Waals surface area contributed by atoms with Crippen LogP contribution in [-0.2, 0) is 0 Å². The van der Waals surface area contributed by atoms with Gasteiger partial charge in [-0.05, 0) is 23.7 Å². The van der Waals surface area contributed by atoms with Gasteiger partial charge in [0.15, 0.2) is 0 Å². The van der Waals surface area contributed by atoms with Gasteiger partial charge in [0, 0.05) is 0 Å². The Morgan fingerprint density at radius 1 is 0.733 bits per heavy atom. The summed E-state index contributed by atoms with van der Waals surface area (Å²) in [6, 6.07) is 0. The highest BCUT2D eigenvalue weighted by Crippen LogP contribution is 2.28. The Morgan fingerprint density at radius 2 is 1.33 bits per heavy atom. The molecule has 0 aromatic heterocycles. The first-order valence-corrected chi connectivity index (χ1v) is 7.02. The third-order valence-corrected chi connectivity index (χ3v) is 4.34. The highest BCUT2D eigenvalue weighted by atomic mass is 14.2. The third-order valence-electron chi connectivity index (χ3n) is 4.34. The van der Waals surface area contributed by atoms with E-state index >= 15 is 0 Å². The number of hydrogen-bond acceptors (Lipinski definition) is 0. The molecule has 0 N–H and O–H groups in total. The van der Waals surface area contributed by atoms with Crippen molar-refractivity contribution in [2.75, 3.05) is 0 Å². The van der Waals surface area contributed by atoms with Crippen LogP contribution in [0.5, 0.6) is 0 Å². The normalized spacial score (nSPS) is 19.6. The Hall–Kier alpha value is 0. The molecule has 0 rings (SSSR count). The van der Waals surface area contributed by atoms with Crippen molar-refractivity contribution in [1.29, 1.82) is 0 Å². The topological polar surface area (TPSA) is 0 Å². The van der Waals surface area contributed by atoms with Gasteiger partial charge in [-0.15, -0.1) is 0 Å². The van der Waals surface area contributed by atoms with E-state index in [0.717, 1.165) is 23.7 Å². The maximum atomic E-state index is 2.44. The van der Waals surface area contributed by atoms with Crippen LogP contribution in [0.3, 0.4) is 0 Å². The predicted molar refractivity (Wildman–Crippen MR) is 71.1 cm³/mol. The quantitative estimate of drug-likeness (QED) is 0.497. The van der Waals surface area contributed by atoms with Gasteiger partial charge in [-0.2, -0.15) is 0 Å². The molecule has 0 aliphatic carbocycles. The number of rotatable bonds is 8. The second kappa shape index (κ2) is 8.19. The Labute approximate surface area is 97.8 Å². The molecule has 0 bridgehead atoms. The van der Waals surface area contributed by atoms with Gasteiger partial charge in [0.2, 0.25) is 0 Å². The second-order valence-corrected chi connectivity index (χ2v) is 5.69. The van der Waals surface area contributed by atoms with Crippen molar-refractivity contribution in [3.8, 4) is 0 Å². The Kier molecular flexibility index (Phi) is 8.19. The summed E-state index contributed by atoms with van der Waals surface area (Å²) in [6.07, 6.45) is 6.93. The Morgan fingerprint density at radius 3 is 1.80 bits per heavy atom. The van der Waals surface area contributed by atoms with Crippen LogP contribution < -0.4 is 0 Å². The van der Waals surface area contributed by atoms with Crippen molar-refractivity contribution in [3.05, 3.63) is 0 Å². The molecule has 0 saturated carbocycles. The fourth-order valence-electron chi connectivity index (χ4n) is 2.38. The van der Waals surface area contributed by atoms with Crippen molar-refractivity contribution < 1.29 is 0 Å². The van der Waals surface area contributed by atoms with E-state index in [0.29, 0.717) is 0 Å². The standard InChI is InChI=1S/C15H32/c1-7-9-12(3)10-11-14(5)15(6)13(4)8-2/h12-15H,7-11H2,1-6H3. The maximum absolute atomic E-state index is 2.44. The van der Waals surface area contributed by atoms with Crippen LogP contribution >= 0.6 is 0 Å². The highest BCUT2D eigenvalue weighted by molar-refractivity contribution is 4.68. The average molecular weight is 212 g/mol. The van der Waals surface area contributed by atoms with Gasteiger partial charge in [0.25, 0.3) is 0 Å². The van der Waals surface area contributed by atoms with Gasteiger partial charge >= 0.3 is 0 Å². The molecule has 0 aliphatic heterocycles. The second-order valence-electron chi connectivity index (χ2n) is 5.69. The molecule has 0 heterocycles. The molecule has 15 heavy (non-hydrogen) atoms. The van der Waals surface area contributed by atoms with Gasteiger partial charge in [-0.3, -0.25) is 0 Å². The summed E-state index contributed by atoms with van der Waals surface area (Å²) in [5.41, 5.74) is 0. The van der Waals surface area contributed by atoms with E-state index in [1.165, 1.54) is 32.1 Å². The largest absolute Gasteiger partial charge is 0.0654 e. The first-order valence-electron chi connectivity index (χ1n) is 7.02. The van der Waals surface area contributed by atoms with Crippen molar-refractivity contribution in [3.63, 3.8) is 0 Å². The summed E-state index contributed by atoms with van der Waals surface area (Å²) in [7, 11) is 0. The van der Waals surface area contributed by atoms with Crippen LogP contribution in [0.4, 0.5) is 0 Å². The van der Waals surface area contributed by atoms with Gasteiger partial charge in [-0.1, -0.05) is 73.6 Å². The van der Waals surface area contributed by atoms with E-state index in [1.807, 2.05) is 0 Å². The van der Waals surface area contributed by atoms with Crippen LogP contribution in [0.25, 0.3) is 0 Å². The minimum Gasteiger partial charge on any atom is -0.0654 e. The van der Waals surface area contributed by atoms with Gasteiger partial charge in [-0.25, -0.2) is 0 Å². The molecule has 0 nitrogen and oxygen atoms in total. The van der Waals surface area contributed by atoms with E-state index < -0.39 is 0 Å². The van der Waals surface area contributed by atoms with E-state index in [9.17, 15) is 0 Å². The summed E-state index contributed by atoms with van der Waals surface area (Å²) in [4.78, 5) is 0. The summed E-state index contributed by atoms with van der Waals surface area (Å²) in [5.74, 6) is 3.62. The molecule has 0 aromatic carbocycles. The summed E-state index contributed by atoms with van der Waals surface area (Å²) in [6.45, 7) is 14.3. The molecule has 0 radical (unpaired) electrons. The van der Waals surface area contributed by atoms with Crippen LogP contribution in [0.1, 0.15) is 73.6 Å². The monoisotopic (exact) mass is 212 g/mol. The molecule has 0 heteroatoms. The molecule has 0 aromatic rings. The fourth-order valence-corrected chi connectivity index (χ4v) is 2.38. The van der Waals surface area contributed by atoms with Gasteiger partial charge in [0.1, 0.15) is 0 Å². The molecule has 0 spiro atoms. The fraction of sp³-hybridized carbons (Fsp3) is 1.00. The van der Waals surface area contributed by atoms with E-state index in [1.54, 1.807) is 0 Å². The first kappa shape index (κ1) is 15.0. The zero-order chi connectivity index (χ0) is 11.8. The molecule has 0 aliphatic rings. The van der Waals surface area contributed by atoms with E-state index in [2.05, 4.69) is 41.5 Å². The molecule has 0 fully saturated rings. The lowest BCUT2D eigenvalue weighted by molar-refractivity contribution is 0.245. The van der Waals surface area contributed by atoms with Gasteiger partial charge < -0.3 is 0 Å². The van der Waals surface area contributed by atoms with Crippen molar-refractivity contribution in [2.45, 2.75) is 73.6 Å². The molecular weight excluding hydrogens is 180 g/mol. The first-order chi connectivity index (χ1) is 7.02. The smallest absolute Gasteiger partial charge is 0.0391 e. The minimum absolute atomic E-state index is 0.890. The van der Waals surface area contributed by atoms with Crippen LogP contribution in [-0.4, -0.2) is 0 Å². The summed E-state index contributed by atoms with van der Waals surface area (Å²) in [5, 5.41) is 0. The van der Waals surface area contributed by atoms with Crippen molar-refractivity contribution in [1.82, 2.24) is 0 Å². The van der Waals surface area contributed by atoms with Crippen LogP contribution in [0, 0.1) is 23.7 Å². The molecule has 4 atom stereocenters. The Balaban J connectivity index is 3.76. The molecule has 92 valence electrons. The molecule has 0 saturated heterocycles. The summed E-state index contributed by atoms with van der Waals surface area (Å²) < 4.78 is 0. The summed E-state index contributed by atoms with van der Waals surface area (Å²) >= 11 is 0. The van der Waals surface area contributed by atoms with Crippen molar-refractivity contribution >= 4 is 0 Å². The van der Waals surface area contributed by atoms with Gasteiger partial charge in [0.05, 0.1) is 0 Å². The predicted octanol–water partition coefficient (Wildman–Crippen LogP) is 5.52. The van der Waals surface area contributed by atoms with Crippen LogP contribution in [0.15, 0.2) is 0 Å². The van der Waals surface area contributed by atoms with E-state index in [-0.39, 0.29) is 0 Å². The molecule has 0 amide bonds. The molecular formula is C15H32. The SMILES string of the molecule is CCCC(C)CCC(C)C(C)C(C)CC. The zero-order valence-corrected chi connectivity index (χ0v) is 11.8.